The molecule has 3 N–H and O–H groups in total. The number of carboxylic acid groups (broad SMARTS) is 1. The average molecular weight is 365 g/mol. The monoisotopic (exact) mass is 364 g/mol. The third kappa shape index (κ3) is 3.76. The summed E-state index contributed by atoms with van der Waals surface area (Å²) in [6.07, 6.45) is -1.45. The van der Waals surface area contributed by atoms with Gasteiger partial charge in [0.1, 0.15) is 13.5 Å². The van der Waals surface area contributed by atoms with E-state index < -0.39 is 11.9 Å². The van der Waals surface area contributed by atoms with Crippen molar-refractivity contribution in [1.29, 1.82) is 0 Å². The number of hydrogen-bond acceptors (Lipinski definition) is 3. The third-order valence-corrected chi connectivity index (χ3v) is 3.11. The van der Waals surface area contributed by atoms with Crippen LogP contribution in [0.15, 0.2) is 53.2 Å². The molecule has 0 aliphatic rings. The fourth-order valence-corrected chi connectivity index (χ4v) is 2.29. The van der Waals surface area contributed by atoms with Crippen LogP contribution in [0.25, 0.3) is 22.2 Å². The molecule has 0 fully saturated rings. The number of nitrogens with two attached hydrogens (primary N) is 1. The smallest absolute Gasteiger partial charge is 0.402 e. The highest BCUT2D eigenvalue weighted by Crippen LogP contribution is 2.29. The van der Waals surface area contributed by atoms with Crippen LogP contribution in [0.1, 0.15) is 1.37 Å². The maximum Gasteiger partial charge on any atom is 0.402 e. The number of fused-ring (bicyclic) bond motifs is 1. The largest absolute Gasteiger partial charge is 0.465 e. The Morgan fingerprint density at radius 1 is 1.27 bits per heavy atom. The number of carbonyl (C=O) groups is 1. The first-order chi connectivity index (χ1) is 10.9. The molecule has 0 aliphatic carbocycles. The van der Waals surface area contributed by atoms with Gasteiger partial charge in [-0.05, 0) is 12.1 Å². The Balaban J connectivity index is 0.000000433. The molecule has 7 heteroatoms. The van der Waals surface area contributed by atoms with Crippen molar-refractivity contribution >= 4 is 32.9 Å². The van der Waals surface area contributed by atoms with Crippen LogP contribution >= 0.6 is 15.9 Å². The number of halogens is 2. The topological polar surface area (TPSA) is 89.1 Å². The van der Waals surface area contributed by atoms with Crippen LogP contribution in [0.5, 0.6) is 0 Å². The summed E-state index contributed by atoms with van der Waals surface area (Å²) in [5, 5.41) is 7.53. The zero-order chi connectivity index (χ0) is 17.0. The van der Waals surface area contributed by atoms with Gasteiger partial charge in [-0.25, -0.2) is 19.2 Å². The van der Waals surface area contributed by atoms with E-state index in [1.165, 1.54) is 6.07 Å². The van der Waals surface area contributed by atoms with Crippen molar-refractivity contribution in [2.75, 3.05) is 0 Å². The Hall–Kier alpha value is -2.54. The van der Waals surface area contributed by atoms with Crippen LogP contribution in [-0.4, -0.2) is 21.2 Å². The summed E-state index contributed by atoms with van der Waals surface area (Å²) in [6, 6.07) is 12.3. The predicted molar refractivity (Wildman–Crippen MR) is 84.8 cm³/mol. The number of amides is 1. The Labute approximate surface area is 135 Å². The van der Waals surface area contributed by atoms with Gasteiger partial charge >= 0.3 is 6.09 Å². The summed E-state index contributed by atoms with van der Waals surface area (Å²) < 4.78 is 22.4. The lowest BCUT2D eigenvalue weighted by Gasteiger charge is -2.06. The number of rotatable bonds is 1. The van der Waals surface area contributed by atoms with Crippen molar-refractivity contribution in [1.82, 2.24) is 9.97 Å². The van der Waals surface area contributed by atoms with E-state index in [1.807, 2.05) is 30.3 Å². The van der Waals surface area contributed by atoms with Crippen molar-refractivity contribution in [3.8, 4) is 11.3 Å². The van der Waals surface area contributed by atoms with Gasteiger partial charge < -0.3 is 10.8 Å². The molecule has 0 aliphatic heterocycles. The Kier molecular flexibility index (Phi) is 4.55. The molecule has 5 nitrogen and oxygen atoms in total. The van der Waals surface area contributed by atoms with E-state index in [1.54, 1.807) is 6.07 Å². The molecule has 1 amide bonds. The molecule has 0 radical (unpaired) electrons. The van der Waals surface area contributed by atoms with Gasteiger partial charge in [0.05, 0.1) is 16.6 Å². The summed E-state index contributed by atoms with van der Waals surface area (Å²) in [6.45, 7) is 0. The standard InChI is InChI=1S/C14H8BrFN2.CH3NO2/c15-10-6-11(16)13-12(7-10)17-8-18-14(13)9-4-2-1-3-5-9;2-1(3)4/h1-8H;2H2,(H,3,4)/i8D;. The molecule has 3 aromatic rings. The van der Waals surface area contributed by atoms with Gasteiger partial charge in [0, 0.05) is 10.0 Å². The van der Waals surface area contributed by atoms with Gasteiger partial charge in [0.2, 0.25) is 0 Å². The Morgan fingerprint density at radius 2 is 1.91 bits per heavy atom. The quantitative estimate of drug-likeness (QED) is 0.686. The second-order valence-corrected chi connectivity index (χ2v) is 5.07. The van der Waals surface area contributed by atoms with Crippen molar-refractivity contribution in [2.24, 2.45) is 5.73 Å². The van der Waals surface area contributed by atoms with Crippen LogP contribution in [0, 0.1) is 5.82 Å². The number of primary amides is 1. The lowest BCUT2D eigenvalue weighted by atomic mass is 10.1. The molecular weight excluding hydrogens is 353 g/mol. The Bertz CT molecular complexity index is 853. The molecular formula is C15H11BrFN3O2. The maximum atomic E-state index is 14.2. The van der Waals surface area contributed by atoms with Crippen LogP contribution in [-0.2, 0) is 0 Å². The highest BCUT2D eigenvalue weighted by Gasteiger charge is 2.11. The molecule has 0 atom stereocenters. The second-order valence-electron chi connectivity index (χ2n) is 4.16. The van der Waals surface area contributed by atoms with Gasteiger partial charge in [-0.2, -0.15) is 0 Å². The van der Waals surface area contributed by atoms with Crippen molar-refractivity contribution in [2.45, 2.75) is 0 Å². The first kappa shape index (κ1) is 14.4. The number of aromatic nitrogens is 2. The molecule has 0 bridgehead atoms. The first-order valence-electron chi connectivity index (χ1n) is 6.55. The predicted octanol–water partition coefficient (Wildman–Crippen LogP) is 3.82. The van der Waals surface area contributed by atoms with Crippen molar-refractivity contribution in [3.05, 3.63) is 59.1 Å². The molecule has 0 unspecified atom stereocenters. The van der Waals surface area contributed by atoms with E-state index in [9.17, 15) is 4.39 Å². The summed E-state index contributed by atoms with van der Waals surface area (Å²) in [7, 11) is 0. The van der Waals surface area contributed by atoms with E-state index in [2.05, 4.69) is 31.6 Å². The highest BCUT2D eigenvalue weighted by atomic mass is 79.9. The maximum absolute atomic E-state index is 14.2. The minimum absolute atomic E-state index is 0.121. The zero-order valence-corrected chi connectivity index (χ0v) is 12.7. The fraction of sp³-hybridized carbons (Fsp3) is 0. The van der Waals surface area contributed by atoms with E-state index >= 15 is 0 Å². The van der Waals surface area contributed by atoms with Gasteiger partial charge in [-0.1, -0.05) is 46.3 Å². The third-order valence-electron chi connectivity index (χ3n) is 2.65. The second kappa shape index (κ2) is 6.95. The lowest BCUT2D eigenvalue weighted by Crippen LogP contribution is -2.03. The van der Waals surface area contributed by atoms with Gasteiger partial charge in [-0.3, -0.25) is 0 Å². The molecule has 0 saturated carbocycles. The van der Waals surface area contributed by atoms with Crippen LogP contribution < -0.4 is 5.73 Å². The van der Waals surface area contributed by atoms with E-state index in [4.69, 9.17) is 11.3 Å². The molecule has 22 heavy (non-hydrogen) atoms. The minimum Gasteiger partial charge on any atom is -0.465 e. The fourth-order valence-electron chi connectivity index (χ4n) is 1.87. The SMILES string of the molecule is NC(=O)O.[2H]c1nc(-c2ccccc2)c2c(F)cc(Br)cc2n1. The number of benzene rings is 2. The molecule has 1 aromatic heterocycles. The van der Waals surface area contributed by atoms with Gasteiger partial charge in [-0.15, -0.1) is 0 Å². The van der Waals surface area contributed by atoms with Crippen LogP contribution in [0.2, 0.25) is 0 Å². The minimum atomic E-state index is -1.33. The molecule has 0 saturated heterocycles. The zero-order valence-electron chi connectivity index (χ0n) is 12.1. The Morgan fingerprint density at radius 3 is 2.55 bits per heavy atom. The normalized spacial score (nSPS) is 10.5. The number of hydrogen-bond donors (Lipinski definition) is 2. The van der Waals surface area contributed by atoms with Crippen LogP contribution in [0.4, 0.5) is 9.18 Å². The summed E-state index contributed by atoms with van der Waals surface area (Å²) in [5.41, 5.74) is 5.66. The first-order valence-corrected chi connectivity index (χ1v) is 6.85. The average Bonchev–Trinajstić information content (AvgIpc) is 2.46. The molecule has 0 spiro atoms. The lowest BCUT2D eigenvalue weighted by molar-refractivity contribution is 0.205. The molecule has 3 rings (SSSR count). The number of nitrogens with zero attached hydrogens (tertiary/aromatic N) is 2. The molecule has 112 valence electrons. The molecule has 2 aromatic carbocycles. The van der Waals surface area contributed by atoms with E-state index in [0.717, 1.165) is 5.56 Å². The summed E-state index contributed by atoms with van der Waals surface area (Å²) in [4.78, 5) is 16.8. The van der Waals surface area contributed by atoms with Gasteiger partial charge in [0.15, 0.2) is 0 Å². The molecule has 1 heterocycles. The van der Waals surface area contributed by atoms with Crippen molar-refractivity contribution in [3.63, 3.8) is 0 Å². The van der Waals surface area contributed by atoms with Crippen LogP contribution in [0.3, 0.4) is 0 Å². The van der Waals surface area contributed by atoms with E-state index in [-0.39, 0.29) is 6.30 Å². The van der Waals surface area contributed by atoms with E-state index in [0.29, 0.717) is 21.1 Å². The van der Waals surface area contributed by atoms with Crippen molar-refractivity contribution < 1.29 is 15.7 Å². The highest BCUT2D eigenvalue weighted by molar-refractivity contribution is 9.10. The summed E-state index contributed by atoms with van der Waals surface area (Å²) >= 11 is 3.23. The summed E-state index contributed by atoms with van der Waals surface area (Å²) in [5.74, 6) is -0.400. The van der Waals surface area contributed by atoms with Gasteiger partial charge in [0.25, 0.3) is 0 Å².